The molecular formula is C9H12N2O3. The van der Waals surface area contributed by atoms with Crippen molar-refractivity contribution in [3.05, 3.63) is 24.0 Å². The smallest absolute Gasteiger partial charge is 0.404 e. The molecule has 5 nitrogen and oxygen atoms in total. The predicted molar refractivity (Wildman–Crippen MR) is 50.5 cm³/mol. The molecule has 0 aromatic carbocycles. The molecule has 1 amide bonds. The molecule has 0 saturated carbocycles. The molecule has 76 valence electrons. The highest BCUT2D eigenvalue weighted by Gasteiger charge is 1.95. The lowest BCUT2D eigenvalue weighted by molar-refractivity contribution is 0.191. The lowest BCUT2D eigenvalue weighted by Crippen LogP contribution is -2.26. The highest BCUT2D eigenvalue weighted by Crippen LogP contribution is 2.07. The number of nitrogens with one attached hydrogen (secondary N) is 1. The van der Waals surface area contributed by atoms with Crippen molar-refractivity contribution in [2.45, 2.75) is 6.92 Å². The van der Waals surface area contributed by atoms with Crippen LogP contribution in [-0.2, 0) is 0 Å². The zero-order valence-corrected chi connectivity index (χ0v) is 7.86. The molecule has 1 rings (SSSR count). The van der Waals surface area contributed by atoms with E-state index < -0.39 is 6.09 Å². The Morgan fingerprint density at radius 3 is 3.00 bits per heavy atom. The van der Waals surface area contributed by atoms with Crippen LogP contribution in [0.1, 0.15) is 5.69 Å². The van der Waals surface area contributed by atoms with E-state index in [9.17, 15) is 4.79 Å². The molecule has 14 heavy (non-hydrogen) atoms. The average molecular weight is 196 g/mol. The van der Waals surface area contributed by atoms with Gasteiger partial charge in [0, 0.05) is 5.69 Å². The average Bonchev–Trinajstić information content (AvgIpc) is 2.15. The van der Waals surface area contributed by atoms with Gasteiger partial charge in [-0.15, -0.1) is 0 Å². The van der Waals surface area contributed by atoms with Crippen molar-refractivity contribution < 1.29 is 14.6 Å². The highest BCUT2D eigenvalue weighted by molar-refractivity contribution is 5.64. The lowest BCUT2D eigenvalue weighted by Gasteiger charge is -2.05. The first-order chi connectivity index (χ1) is 6.68. The zero-order chi connectivity index (χ0) is 10.4. The molecule has 1 aromatic rings. The summed E-state index contributed by atoms with van der Waals surface area (Å²) in [6.07, 6.45) is 0.562. The number of hydrogen-bond donors (Lipinski definition) is 2. The Morgan fingerprint density at radius 1 is 1.64 bits per heavy atom. The van der Waals surface area contributed by atoms with Crippen LogP contribution in [0.2, 0.25) is 0 Å². The van der Waals surface area contributed by atoms with Crippen LogP contribution in [0.15, 0.2) is 18.3 Å². The monoisotopic (exact) mass is 196 g/mol. The number of carbonyl (C=O) groups is 1. The molecule has 0 unspecified atom stereocenters. The molecule has 0 fully saturated rings. The topological polar surface area (TPSA) is 71.5 Å². The van der Waals surface area contributed by atoms with Crippen molar-refractivity contribution in [2.24, 2.45) is 0 Å². The first-order valence-corrected chi connectivity index (χ1v) is 4.21. The summed E-state index contributed by atoms with van der Waals surface area (Å²) < 4.78 is 5.22. The summed E-state index contributed by atoms with van der Waals surface area (Å²) >= 11 is 0. The second-order valence-corrected chi connectivity index (χ2v) is 2.72. The van der Waals surface area contributed by atoms with Crippen LogP contribution in [0.25, 0.3) is 0 Å². The number of aromatic nitrogens is 1. The van der Waals surface area contributed by atoms with Gasteiger partial charge in [-0.05, 0) is 19.1 Å². The Kier molecular flexibility index (Phi) is 3.72. The Morgan fingerprint density at radius 2 is 2.43 bits per heavy atom. The molecule has 5 heteroatoms. The highest BCUT2D eigenvalue weighted by atomic mass is 16.5. The van der Waals surface area contributed by atoms with Crippen molar-refractivity contribution in [3.63, 3.8) is 0 Å². The first-order valence-electron chi connectivity index (χ1n) is 4.21. The minimum Gasteiger partial charge on any atom is -0.490 e. The fourth-order valence-electron chi connectivity index (χ4n) is 0.866. The summed E-state index contributed by atoms with van der Waals surface area (Å²) in [5.41, 5.74) is 0.918. The Hall–Kier alpha value is -1.78. The molecule has 0 aliphatic carbocycles. The summed E-state index contributed by atoms with van der Waals surface area (Å²) in [4.78, 5) is 14.1. The van der Waals surface area contributed by atoms with Crippen LogP contribution >= 0.6 is 0 Å². The Balaban J connectivity index is 2.25. The molecular weight excluding hydrogens is 184 g/mol. The third-order valence-corrected chi connectivity index (χ3v) is 1.53. The number of hydrogen-bond acceptors (Lipinski definition) is 3. The van der Waals surface area contributed by atoms with Gasteiger partial charge in [0.2, 0.25) is 0 Å². The van der Waals surface area contributed by atoms with Crippen LogP contribution in [0.4, 0.5) is 4.79 Å². The van der Waals surface area contributed by atoms with E-state index in [0.717, 1.165) is 5.69 Å². The molecule has 0 radical (unpaired) electrons. The van der Waals surface area contributed by atoms with E-state index >= 15 is 0 Å². The summed E-state index contributed by atoms with van der Waals surface area (Å²) in [5.74, 6) is 0.641. The van der Waals surface area contributed by atoms with Crippen LogP contribution in [-0.4, -0.2) is 29.3 Å². The van der Waals surface area contributed by atoms with Gasteiger partial charge in [0.05, 0.1) is 12.7 Å². The largest absolute Gasteiger partial charge is 0.490 e. The van der Waals surface area contributed by atoms with Gasteiger partial charge in [-0.1, -0.05) is 0 Å². The van der Waals surface area contributed by atoms with Crippen LogP contribution in [0.3, 0.4) is 0 Å². The lowest BCUT2D eigenvalue weighted by atomic mass is 10.4. The molecule has 0 atom stereocenters. The van der Waals surface area contributed by atoms with Gasteiger partial charge in [-0.25, -0.2) is 4.79 Å². The van der Waals surface area contributed by atoms with E-state index in [1.54, 1.807) is 12.3 Å². The molecule has 1 heterocycles. The summed E-state index contributed by atoms with van der Waals surface area (Å²) in [7, 11) is 0. The standard InChI is InChI=1S/C9H12N2O3/c1-7-2-3-8(6-11-7)14-5-4-10-9(12)13/h2-3,6,10H,4-5H2,1H3,(H,12,13). The van der Waals surface area contributed by atoms with E-state index in [-0.39, 0.29) is 6.54 Å². The van der Waals surface area contributed by atoms with Crippen LogP contribution < -0.4 is 10.1 Å². The molecule has 0 saturated heterocycles. The molecule has 0 aliphatic heterocycles. The van der Waals surface area contributed by atoms with Gasteiger partial charge in [0.15, 0.2) is 0 Å². The maximum atomic E-state index is 10.1. The van der Waals surface area contributed by atoms with E-state index in [1.807, 2.05) is 13.0 Å². The van der Waals surface area contributed by atoms with Crippen molar-refractivity contribution in [3.8, 4) is 5.75 Å². The second-order valence-electron chi connectivity index (χ2n) is 2.72. The van der Waals surface area contributed by atoms with Crippen LogP contribution in [0.5, 0.6) is 5.75 Å². The maximum Gasteiger partial charge on any atom is 0.404 e. The molecule has 0 spiro atoms. The molecule has 0 bridgehead atoms. The summed E-state index contributed by atoms with van der Waals surface area (Å²) in [5, 5.41) is 10.5. The van der Waals surface area contributed by atoms with Crippen LogP contribution in [0, 0.1) is 6.92 Å². The predicted octanol–water partition coefficient (Wildman–Crippen LogP) is 1.04. The van der Waals surface area contributed by atoms with Crippen molar-refractivity contribution >= 4 is 6.09 Å². The van der Waals surface area contributed by atoms with Gasteiger partial charge in [0.25, 0.3) is 0 Å². The number of pyridine rings is 1. The number of rotatable bonds is 4. The third-order valence-electron chi connectivity index (χ3n) is 1.53. The Bertz CT molecular complexity index is 297. The van der Waals surface area contributed by atoms with Gasteiger partial charge < -0.3 is 15.2 Å². The fourth-order valence-corrected chi connectivity index (χ4v) is 0.866. The minimum atomic E-state index is -1.05. The summed E-state index contributed by atoms with van der Waals surface area (Å²) in [6, 6.07) is 3.63. The van der Waals surface area contributed by atoms with Gasteiger partial charge in [0.1, 0.15) is 12.4 Å². The second kappa shape index (κ2) is 5.06. The van der Waals surface area contributed by atoms with Gasteiger partial charge >= 0.3 is 6.09 Å². The van der Waals surface area contributed by atoms with E-state index in [2.05, 4.69) is 10.3 Å². The third kappa shape index (κ3) is 3.75. The fraction of sp³-hybridized carbons (Fsp3) is 0.333. The molecule has 2 N–H and O–H groups in total. The Labute approximate surface area is 81.7 Å². The quantitative estimate of drug-likeness (QED) is 0.706. The number of ether oxygens (including phenoxy) is 1. The number of nitrogens with zero attached hydrogens (tertiary/aromatic N) is 1. The molecule has 1 aromatic heterocycles. The van der Waals surface area contributed by atoms with Crippen molar-refractivity contribution in [1.29, 1.82) is 0 Å². The number of aryl methyl sites for hydroxylation is 1. The normalized spacial score (nSPS) is 9.50. The minimum absolute atomic E-state index is 0.267. The number of carboxylic acid groups (broad SMARTS) is 1. The SMILES string of the molecule is Cc1ccc(OCCNC(=O)O)cn1. The molecule has 0 aliphatic rings. The van der Waals surface area contributed by atoms with E-state index in [4.69, 9.17) is 9.84 Å². The van der Waals surface area contributed by atoms with Gasteiger partial charge in [-0.3, -0.25) is 4.98 Å². The number of amides is 1. The van der Waals surface area contributed by atoms with Crippen molar-refractivity contribution in [1.82, 2.24) is 10.3 Å². The van der Waals surface area contributed by atoms with E-state index in [1.165, 1.54) is 0 Å². The zero-order valence-electron chi connectivity index (χ0n) is 7.86. The van der Waals surface area contributed by atoms with E-state index in [0.29, 0.717) is 12.4 Å². The van der Waals surface area contributed by atoms with Gasteiger partial charge in [-0.2, -0.15) is 0 Å². The first kappa shape index (κ1) is 10.3. The summed E-state index contributed by atoms with van der Waals surface area (Å²) in [6.45, 7) is 2.45. The van der Waals surface area contributed by atoms with Crippen molar-refractivity contribution in [2.75, 3.05) is 13.2 Å². The maximum absolute atomic E-state index is 10.1.